The van der Waals surface area contributed by atoms with E-state index >= 15 is 0 Å². The highest BCUT2D eigenvalue weighted by Gasteiger charge is 2.33. The van der Waals surface area contributed by atoms with E-state index in [1.165, 1.54) is 0 Å². The second-order valence-corrected chi connectivity index (χ2v) is 5.88. The number of nitrogens with two attached hydrogens (primary N) is 1. The third-order valence-corrected chi connectivity index (χ3v) is 4.34. The molecule has 1 aliphatic rings. The van der Waals surface area contributed by atoms with Crippen molar-refractivity contribution in [3.8, 4) is 5.75 Å². The van der Waals surface area contributed by atoms with Crippen LogP contribution in [0.25, 0.3) is 0 Å². The second-order valence-electron chi connectivity index (χ2n) is 5.88. The molecular weight excluding hydrogens is 290 g/mol. The third kappa shape index (κ3) is 3.51. The maximum Gasteiger partial charge on any atom is 0.227 e. The zero-order chi connectivity index (χ0) is 16.2. The highest BCUT2D eigenvalue weighted by Crippen LogP contribution is 2.28. The first-order valence-electron chi connectivity index (χ1n) is 7.73. The standard InChI is InChI=1S/C18H21N3O2/c1-23-15-6-4-14(5-7-15)16-11-21(12-17(16)19)18(22)9-13-3-2-8-20-10-13/h2-8,10,16-17H,9,11-12,19H2,1H3/t16-,17+/m0/s1. The molecule has 23 heavy (non-hydrogen) atoms. The van der Waals surface area contributed by atoms with E-state index in [2.05, 4.69) is 4.98 Å². The number of aromatic nitrogens is 1. The van der Waals surface area contributed by atoms with Crippen LogP contribution in [0.1, 0.15) is 17.0 Å². The van der Waals surface area contributed by atoms with Gasteiger partial charge in [0.25, 0.3) is 0 Å². The van der Waals surface area contributed by atoms with Gasteiger partial charge in [0.15, 0.2) is 0 Å². The minimum Gasteiger partial charge on any atom is -0.497 e. The fourth-order valence-corrected chi connectivity index (χ4v) is 3.03. The Hall–Kier alpha value is -2.40. The molecule has 0 bridgehead atoms. The molecular formula is C18H21N3O2. The van der Waals surface area contributed by atoms with Crippen LogP contribution in [0.15, 0.2) is 48.8 Å². The molecule has 3 rings (SSSR count). The maximum absolute atomic E-state index is 12.5. The van der Waals surface area contributed by atoms with Crippen LogP contribution in [0.2, 0.25) is 0 Å². The van der Waals surface area contributed by atoms with Gasteiger partial charge in [0, 0.05) is 37.4 Å². The number of carbonyl (C=O) groups excluding carboxylic acids is 1. The van der Waals surface area contributed by atoms with E-state index in [0.717, 1.165) is 16.9 Å². The Morgan fingerprint density at radius 2 is 2.09 bits per heavy atom. The first kappa shape index (κ1) is 15.5. The fourth-order valence-electron chi connectivity index (χ4n) is 3.03. The minimum atomic E-state index is -0.0405. The van der Waals surface area contributed by atoms with Crippen LogP contribution in [0.3, 0.4) is 0 Å². The molecule has 0 unspecified atom stereocenters. The lowest BCUT2D eigenvalue weighted by atomic mass is 9.95. The van der Waals surface area contributed by atoms with Crippen molar-refractivity contribution in [3.05, 3.63) is 59.9 Å². The minimum absolute atomic E-state index is 0.0405. The molecule has 0 radical (unpaired) electrons. The number of hydrogen-bond donors (Lipinski definition) is 1. The summed E-state index contributed by atoms with van der Waals surface area (Å²) in [6, 6.07) is 11.6. The van der Waals surface area contributed by atoms with E-state index in [4.69, 9.17) is 10.5 Å². The van der Waals surface area contributed by atoms with Crippen LogP contribution in [0.4, 0.5) is 0 Å². The molecule has 5 heteroatoms. The van der Waals surface area contributed by atoms with Gasteiger partial charge in [-0.2, -0.15) is 0 Å². The number of hydrogen-bond acceptors (Lipinski definition) is 4. The molecule has 1 saturated heterocycles. The molecule has 0 spiro atoms. The Labute approximate surface area is 136 Å². The lowest BCUT2D eigenvalue weighted by molar-refractivity contribution is -0.129. The van der Waals surface area contributed by atoms with Gasteiger partial charge in [-0.05, 0) is 29.3 Å². The summed E-state index contributed by atoms with van der Waals surface area (Å²) in [7, 11) is 1.65. The monoisotopic (exact) mass is 311 g/mol. The summed E-state index contributed by atoms with van der Waals surface area (Å²) in [6.07, 6.45) is 3.81. The van der Waals surface area contributed by atoms with Gasteiger partial charge in [0.05, 0.1) is 13.5 Å². The normalized spacial score (nSPS) is 20.5. The second kappa shape index (κ2) is 6.79. The molecule has 1 aromatic carbocycles. The molecule has 2 heterocycles. The smallest absolute Gasteiger partial charge is 0.227 e. The number of amides is 1. The van der Waals surface area contributed by atoms with Crippen LogP contribution >= 0.6 is 0 Å². The van der Waals surface area contributed by atoms with E-state index in [0.29, 0.717) is 19.5 Å². The molecule has 1 aromatic heterocycles. The maximum atomic E-state index is 12.5. The number of likely N-dealkylation sites (tertiary alicyclic amines) is 1. The van der Waals surface area contributed by atoms with Crippen molar-refractivity contribution in [2.75, 3.05) is 20.2 Å². The summed E-state index contributed by atoms with van der Waals surface area (Å²) in [4.78, 5) is 18.4. The van der Waals surface area contributed by atoms with Crippen LogP contribution in [0, 0.1) is 0 Å². The first-order chi connectivity index (χ1) is 11.2. The zero-order valence-corrected chi connectivity index (χ0v) is 13.2. The highest BCUT2D eigenvalue weighted by atomic mass is 16.5. The number of ether oxygens (including phenoxy) is 1. The van der Waals surface area contributed by atoms with Gasteiger partial charge < -0.3 is 15.4 Å². The van der Waals surface area contributed by atoms with Gasteiger partial charge in [-0.25, -0.2) is 0 Å². The van der Waals surface area contributed by atoms with Gasteiger partial charge in [0.2, 0.25) is 5.91 Å². The summed E-state index contributed by atoms with van der Waals surface area (Å²) >= 11 is 0. The molecule has 1 fully saturated rings. The Balaban J connectivity index is 1.66. The molecule has 1 aliphatic heterocycles. The zero-order valence-electron chi connectivity index (χ0n) is 13.2. The quantitative estimate of drug-likeness (QED) is 0.931. The Bertz CT molecular complexity index is 658. The number of benzene rings is 1. The Kier molecular flexibility index (Phi) is 4.57. The van der Waals surface area contributed by atoms with Crippen molar-refractivity contribution in [2.24, 2.45) is 5.73 Å². The van der Waals surface area contributed by atoms with Crippen molar-refractivity contribution in [2.45, 2.75) is 18.4 Å². The van der Waals surface area contributed by atoms with Gasteiger partial charge in [-0.15, -0.1) is 0 Å². The largest absolute Gasteiger partial charge is 0.497 e. The summed E-state index contributed by atoms with van der Waals surface area (Å²) in [6.45, 7) is 1.25. The average Bonchev–Trinajstić information content (AvgIpc) is 2.98. The van der Waals surface area contributed by atoms with E-state index < -0.39 is 0 Å². The fraction of sp³-hybridized carbons (Fsp3) is 0.333. The summed E-state index contributed by atoms with van der Waals surface area (Å²) in [5.41, 5.74) is 8.34. The van der Waals surface area contributed by atoms with Crippen molar-refractivity contribution < 1.29 is 9.53 Å². The van der Waals surface area contributed by atoms with E-state index in [9.17, 15) is 4.79 Å². The first-order valence-corrected chi connectivity index (χ1v) is 7.73. The number of carbonyl (C=O) groups is 1. The van der Waals surface area contributed by atoms with Crippen LogP contribution in [-0.2, 0) is 11.2 Å². The predicted molar refractivity (Wildman–Crippen MR) is 88.2 cm³/mol. The van der Waals surface area contributed by atoms with Crippen molar-refractivity contribution >= 4 is 5.91 Å². The lowest BCUT2D eigenvalue weighted by Crippen LogP contribution is -2.33. The van der Waals surface area contributed by atoms with Crippen molar-refractivity contribution in [1.29, 1.82) is 0 Å². The lowest BCUT2D eigenvalue weighted by Gasteiger charge is -2.16. The summed E-state index contributed by atoms with van der Waals surface area (Å²) in [5, 5.41) is 0. The van der Waals surface area contributed by atoms with Crippen molar-refractivity contribution in [1.82, 2.24) is 9.88 Å². The van der Waals surface area contributed by atoms with Crippen LogP contribution in [0.5, 0.6) is 5.75 Å². The number of nitrogens with zero attached hydrogens (tertiary/aromatic N) is 2. The topological polar surface area (TPSA) is 68.5 Å². The molecule has 5 nitrogen and oxygen atoms in total. The van der Waals surface area contributed by atoms with Gasteiger partial charge in [-0.1, -0.05) is 18.2 Å². The SMILES string of the molecule is COc1ccc([C@@H]2CN(C(=O)Cc3cccnc3)C[C@H]2N)cc1. The van der Waals surface area contributed by atoms with E-state index in [1.54, 1.807) is 19.5 Å². The molecule has 120 valence electrons. The summed E-state index contributed by atoms with van der Waals surface area (Å²) in [5.74, 6) is 1.09. The van der Waals surface area contributed by atoms with Gasteiger partial charge in [-0.3, -0.25) is 9.78 Å². The third-order valence-electron chi connectivity index (χ3n) is 4.34. The molecule has 2 aromatic rings. The average molecular weight is 311 g/mol. The number of rotatable bonds is 4. The van der Waals surface area contributed by atoms with Gasteiger partial charge in [0.1, 0.15) is 5.75 Å². The van der Waals surface area contributed by atoms with Crippen LogP contribution < -0.4 is 10.5 Å². The molecule has 2 N–H and O–H groups in total. The molecule has 2 atom stereocenters. The Morgan fingerprint density at radius 3 is 2.74 bits per heavy atom. The molecule has 0 aliphatic carbocycles. The van der Waals surface area contributed by atoms with Crippen LogP contribution in [-0.4, -0.2) is 42.0 Å². The Morgan fingerprint density at radius 1 is 1.30 bits per heavy atom. The van der Waals surface area contributed by atoms with Crippen molar-refractivity contribution in [3.63, 3.8) is 0 Å². The number of methoxy groups -OCH3 is 1. The molecule has 0 saturated carbocycles. The van der Waals surface area contributed by atoms with Gasteiger partial charge >= 0.3 is 0 Å². The summed E-state index contributed by atoms with van der Waals surface area (Å²) < 4.78 is 5.18. The predicted octanol–water partition coefficient (Wildman–Crippen LogP) is 1.59. The molecule has 1 amide bonds. The highest BCUT2D eigenvalue weighted by molar-refractivity contribution is 5.79. The van der Waals surface area contributed by atoms with E-state index in [1.807, 2.05) is 41.3 Å². The van der Waals surface area contributed by atoms with E-state index in [-0.39, 0.29) is 17.9 Å². The number of pyridine rings is 1.